The third-order valence-electron chi connectivity index (χ3n) is 4.87. The minimum absolute atomic E-state index is 0.619. The summed E-state index contributed by atoms with van der Waals surface area (Å²) in [4.78, 5) is 17.9. The topological polar surface area (TPSA) is 58.3 Å². The molecule has 2 aliphatic rings. The molecule has 2 aromatic heterocycles. The van der Waals surface area contributed by atoms with Crippen LogP contribution in [0.5, 0.6) is 0 Å². The minimum atomic E-state index is 0.619. The predicted molar refractivity (Wildman–Crippen MR) is 87.4 cm³/mol. The average Bonchev–Trinajstić information content (AvgIpc) is 3.27. The van der Waals surface area contributed by atoms with Crippen molar-refractivity contribution < 1.29 is 4.42 Å². The van der Waals surface area contributed by atoms with Crippen molar-refractivity contribution in [1.82, 2.24) is 15.0 Å². The highest BCUT2D eigenvalue weighted by molar-refractivity contribution is 5.74. The van der Waals surface area contributed by atoms with Crippen molar-refractivity contribution in [3.05, 3.63) is 42.7 Å². The molecule has 2 fully saturated rings. The van der Waals surface area contributed by atoms with Crippen molar-refractivity contribution in [2.75, 3.05) is 36.0 Å². The Hall–Kier alpha value is -2.63. The molecule has 0 amide bonds. The Balaban J connectivity index is 1.33. The van der Waals surface area contributed by atoms with Crippen LogP contribution in [0.1, 0.15) is 0 Å². The number of anilines is 2. The molecular weight excluding hydrogens is 290 g/mol. The fraction of sp³-hybridized carbons (Fsp3) is 0.353. The second kappa shape index (κ2) is 4.94. The predicted octanol–water partition coefficient (Wildman–Crippen LogP) is 2.19. The molecule has 2 unspecified atom stereocenters. The lowest BCUT2D eigenvalue weighted by Gasteiger charge is -2.20. The number of rotatable bonds is 2. The van der Waals surface area contributed by atoms with Gasteiger partial charge in [-0.25, -0.2) is 9.97 Å². The maximum atomic E-state index is 5.91. The Bertz CT molecular complexity index is 786. The first kappa shape index (κ1) is 12.9. The number of benzene rings is 1. The summed E-state index contributed by atoms with van der Waals surface area (Å²) in [6.45, 7) is 3.98. The maximum Gasteiger partial charge on any atom is 0.298 e. The number of para-hydroxylation sites is 2. The SMILES string of the molecule is c1cnc(N2CC3CN(c4nc5ccccc5o4)CC3C2)nc1. The highest BCUT2D eigenvalue weighted by Gasteiger charge is 2.42. The molecule has 4 heterocycles. The van der Waals surface area contributed by atoms with Crippen LogP contribution < -0.4 is 9.80 Å². The fourth-order valence-corrected chi connectivity index (χ4v) is 3.76. The third kappa shape index (κ3) is 2.13. The molecule has 0 saturated carbocycles. The minimum Gasteiger partial charge on any atom is -0.423 e. The van der Waals surface area contributed by atoms with Crippen LogP contribution in [0.2, 0.25) is 0 Å². The molecule has 1 aromatic carbocycles. The van der Waals surface area contributed by atoms with Gasteiger partial charge in [-0.15, -0.1) is 0 Å². The van der Waals surface area contributed by atoms with E-state index in [9.17, 15) is 0 Å². The van der Waals surface area contributed by atoms with Gasteiger partial charge in [0.05, 0.1) is 0 Å². The number of hydrogen-bond acceptors (Lipinski definition) is 6. The van der Waals surface area contributed by atoms with Crippen LogP contribution in [0.25, 0.3) is 11.1 Å². The summed E-state index contributed by atoms with van der Waals surface area (Å²) >= 11 is 0. The largest absolute Gasteiger partial charge is 0.423 e. The van der Waals surface area contributed by atoms with E-state index >= 15 is 0 Å². The summed E-state index contributed by atoms with van der Waals surface area (Å²) in [7, 11) is 0. The monoisotopic (exact) mass is 307 g/mol. The molecule has 5 rings (SSSR count). The van der Waals surface area contributed by atoms with Gasteiger partial charge in [-0.1, -0.05) is 12.1 Å². The van der Waals surface area contributed by atoms with Crippen molar-refractivity contribution in [2.24, 2.45) is 11.8 Å². The summed E-state index contributed by atoms with van der Waals surface area (Å²) in [6.07, 6.45) is 3.61. The second-order valence-corrected chi connectivity index (χ2v) is 6.34. The number of nitrogens with zero attached hydrogens (tertiary/aromatic N) is 5. The van der Waals surface area contributed by atoms with Crippen LogP contribution in [0, 0.1) is 11.8 Å². The molecule has 6 nitrogen and oxygen atoms in total. The van der Waals surface area contributed by atoms with Gasteiger partial charge in [0.25, 0.3) is 6.01 Å². The van der Waals surface area contributed by atoms with Gasteiger partial charge in [0, 0.05) is 50.4 Å². The van der Waals surface area contributed by atoms with E-state index in [1.54, 1.807) is 12.4 Å². The number of fused-ring (bicyclic) bond motifs is 2. The van der Waals surface area contributed by atoms with Crippen LogP contribution in [0.15, 0.2) is 47.1 Å². The Morgan fingerprint density at radius 3 is 2.30 bits per heavy atom. The van der Waals surface area contributed by atoms with E-state index in [-0.39, 0.29) is 0 Å². The van der Waals surface area contributed by atoms with Crippen LogP contribution in [-0.2, 0) is 0 Å². The molecule has 0 spiro atoms. The normalized spacial score (nSPS) is 23.7. The standard InChI is InChI=1S/C17H17N5O/c1-2-5-15-14(4-1)20-17(23-15)22-10-12-8-21(9-13(12)11-22)16-18-6-3-7-19-16/h1-7,12-13H,8-11H2. The maximum absolute atomic E-state index is 5.91. The van der Waals surface area contributed by atoms with Gasteiger partial charge >= 0.3 is 0 Å². The molecule has 0 aliphatic carbocycles. The number of hydrogen-bond donors (Lipinski definition) is 0. The Morgan fingerprint density at radius 1 is 0.870 bits per heavy atom. The van der Waals surface area contributed by atoms with Crippen molar-refractivity contribution in [3.63, 3.8) is 0 Å². The lowest BCUT2D eigenvalue weighted by molar-refractivity contribution is 0.533. The molecule has 6 heteroatoms. The van der Waals surface area contributed by atoms with E-state index in [4.69, 9.17) is 4.42 Å². The molecule has 2 atom stereocenters. The van der Waals surface area contributed by atoms with Gasteiger partial charge in [-0.05, 0) is 18.2 Å². The van der Waals surface area contributed by atoms with Crippen molar-refractivity contribution >= 4 is 23.1 Å². The Morgan fingerprint density at radius 2 is 1.57 bits per heavy atom. The van der Waals surface area contributed by atoms with Gasteiger partial charge in [0.15, 0.2) is 5.58 Å². The van der Waals surface area contributed by atoms with Crippen molar-refractivity contribution in [3.8, 4) is 0 Å². The molecular formula is C17H17N5O. The van der Waals surface area contributed by atoms with E-state index < -0.39 is 0 Å². The summed E-state index contributed by atoms with van der Waals surface area (Å²) in [5.41, 5.74) is 1.79. The van der Waals surface area contributed by atoms with Crippen LogP contribution in [0.4, 0.5) is 12.0 Å². The number of oxazole rings is 1. The molecule has 0 N–H and O–H groups in total. The van der Waals surface area contributed by atoms with E-state index in [2.05, 4.69) is 24.8 Å². The fourth-order valence-electron chi connectivity index (χ4n) is 3.76. The Labute approximate surface area is 133 Å². The quantitative estimate of drug-likeness (QED) is 0.723. The van der Waals surface area contributed by atoms with Gasteiger partial charge in [0.2, 0.25) is 5.95 Å². The van der Waals surface area contributed by atoms with Gasteiger partial charge in [0.1, 0.15) is 5.52 Å². The lowest BCUT2D eigenvalue weighted by atomic mass is 10.0. The van der Waals surface area contributed by atoms with E-state index in [0.717, 1.165) is 49.2 Å². The van der Waals surface area contributed by atoms with E-state index in [1.165, 1.54) is 0 Å². The molecule has 23 heavy (non-hydrogen) atoms. The van der Waals surface area contributed by atoms with Crippen molar-refractivity contribution in [2.45, 2.75) is 0 Å². The Kier molecular flexibility index (Phi) is 2.76. The molecule has 3 aromatic rings. The average molecular weight is 307 g/mol. The van der Waals surface area contributed by atoms with E-state index in [1.807, 2.05) is 30.3 Å². The summed E-state index contributed by atoms with van der Waals surface area (Å²) in [5.74, 6) is 2.08. The summed E-state index contributed by atoms with van der Waals surface area (Å²) in [5, 5.41) is 0. The zero-order chi connectivity index (χ0) is 15.2. The molecule has 2 aliphatic heterocycles. The van der Waals surface area contributed by atoms with Crippen LogP contribution in [-0.4, -0.2) is 41.1 Å². The lowest BCUT2D eigenvalue weighted by Crippen LogP contribution is -2.29. The van der Waals surface area contributed by atoms with Crippen LogP contribution in [0.3, 0.4) is 0 Å². The zero-order valence-electron chi connectivity index (χ0n) is 12.7. The summed E-state index contributed by atoms with van der Waals surface area (Å²) in [6, 6.07) is 10.5. The van der Waals surface area contributed by atoms with Crippen LogP contribution >= 0.6 is 0 Å². The summed E-state index contributed by atoms with van der Waals surface area (Å²) < 4.78 is 5.91. The van der Waals surface area contributed by atoms with Crippen molar-refractivity contribution in [1.29, 1.82) is 0 Å². The van der Waals surface area contributed by atoms with Gasteiger partial charge < -0.3 is 14.2 Å². The second-order valence-electron chi connectivity index (χ2n) is 6.34. The highest BCUT2D eigenvalue weighted by atomic mass is 16.4. The third-order valence-corrected chi connectivity index (χ3v) is 4.87. The smallest absolute Gasteiger partial charge is 0.298 e. The first-order valence-corrected chi connectivity index (χ1v) is 7.99. The first-order valence-electron chi connectivity index (χ1n) is 7.99. The molecule has 0 bridgehead atoms. The molecule has 0 radical (unpaired) electrons. The highest BCUT2D eigenvalue weighted by Crippen LogP contribution is 2.35. The number of aromatic nitrogens is 3. The first-order chi connectivity index (χ1) is 11.4. The van der Waals surface area contributed by atoms with Gasteiger partial charge in [-0.2, -0.15) is 4.98 Å². The van der Waals surface area contributed by atoms with Gasteiger partial charge in [-0.3, -0.25) is 0 Å². The molecule has 2 saturated heterocycles. The zero-order valence-corrected chi connectivity index (χ0v) is 12.7. The molecule has 116 valence electrons. The van der Waals surface area contributed by atoms with E-state index in [0.29, 0.717) is 11.8 Å².